The van der Waals surface area contributed by atoms with Crippen LogP contribution in [0.25, 0.3) is 11.5 Å². The molecule has 0 fully saturated rings. The maximum atomic E-state index is 12.1. The van der Waals surface area contributed by atoms with Crippen molar-refractivity contribution in [3.63, 3.8) is 0 Å². The van der Waals surface area contributed by atoms with E-state index in [0.717, 1.165) is 0 Å². The van der Waals surface area contributed by atoms with Crippen molar-refractivity contribution in [1.29, 1.82) is 0 Å². The predicted molar refractivity (Wildman–Crippen MR) is 93.9 cm³/mol. The van der Waals surface area contributed by atoms with Gasteiger partial charge in [-0.3, -0.25) is 4.79 Å². The summed E-state index contributed by atoms with van der Waals surface area (Å²) in [5, 5.41) is 11.3. The number of halogens is 2. The number of carbonyl (C=O) groups excluding carboxylic acids is 1. The molecule has 25 heavy (non-hydrogen) atoms. The Morgan fingerprint density at radius 3 is 2.72 bits per heavy atom. The van der Waals surface area contributed by atoms with Gasteiger partial charge in [0.15, 0.2) is 0 Å². The van der Waals surface area contributed by atoms with E-state index < -0.39 is 0 Å². The van der Waals surface area contributed by atoms with Crippen molar-refractivity contribution < 1.29 is 13.9 Å². The van der Waals surface area contributed by atoms with Crippen LogP contribution >= 0.6 is 23.2 Å². The summed E-state index contributed by atoms with van der Waals surface area (Å²) in [5.74, 6) is 0.888. The van der Waals surface area contributed by atoms with Gasteiger partial charge >= 0.3 is 0 Å². The van der Waals surface area contributed by atoms with Gasteiger partial charge in [-0.1, -0.05) is 35.3 Å². The first-order chi connectivity index (χ1) is 12.1. The van der Waals surface area contributed by atoms with Crippen LogP contribution in [0.2, 0.25) is 10.0 Å². The highest BCUT2D eigenvalue weighted by Crippen LogP contribution is 2.28. The van der Waals surface area contributed by atoms with Crippen LogP contribution in [-0.4, -0.2) is 23.2 Å². The number of methoxy groups -OCH3 is 1. The number of nitrogens with one attached hydrogen (secondary N) is 1. The van der Waals surface area contributed by atoms with E-state index in [1.54, 1.807) is 25.3 Å². The number of hydrogen-bond donors (Lipinski definition) is 1. The second-order valence-corrected chi connectivity index (χ2v) is 5.83. The molecule has 1 amide bonds. The number of ether oxygens (including phenoxy) is 1. The Hall–Kier alpha value is -2.57. The SMILES string of the molecule is COc1ccccc1-c1nnc(CNC(=O)c2ccc(Cl)c(Cl)c2)o1. The minimum Gasteiger partial charge on any atom is -0.496 e. The molecule has 128 valence electrons. The fraction of sp³-hybridized carbons (Fsp3) is 0.118. The first-order valence-electron chi connectivity index (χ1n) is 7.27. The third-order valence-corrected chi connectivity index (χ3v) is 4.13. The molecule has 0 saturated heterocycles. The molecule has 6 nitrogen and oxygen atoms in total. The molecule has 0 radical (unpaired) electrons. The van der Waals surface area contributed by atoms with Crippen molar-refractivity contribution in [2.75, 3.05) is 7.11 Å². The molecule has 0 saturated carbocycles. The average molecular weight is 378 g/mol. The zero-order chi connectivity index (χ0) is 17.8. The van der Waals surface area contributed by atoms with Gasteiger partial charge < -0.3 is 14.5 Å². The average Bonchev–Trinajstić information content (AvgIpc) is 3.10. The number of carbonyl (C=O) groups is 1. The lowest BCUT2D eigenvalue weighted by molar-refractivity contribution is 0.0947. The van der Waals surface area contributed by atoms with Gasteiger partial charge in [-0.25, -0.2) is 0 Å². The number of rotatable bonds is 5. The lowest BCUT2D eigenvalue weighted by Crippen LogP contribution is -2.22. The van der Waals surface area contributed by atoms with Gasteiger partial charge in [-0.05, 0) is 30.3 Å². The number of amides is 1. The third-order valence-electron chi connectivity index (χ3n) is 3.39. The van der Waals surface area contributed by atoms with Crippen LogP contribution in [0.3, 0.4) is 0 Å². The topological polar surface area (TPSA) is 77.3 Å². The van der Waals surface area contributed by atoms with E-state index in [-0.39, 0.29) is 18.3 Å². The van der Waals surface area contributed by atoms with Gasteiger partial charge in [0, 0.05) is 5.56 Å². The summed E-state index contributed by atoms with van der Waals surface area (Å²) in [7, 11) is 1.56. The molecular weight excluding hydrogens is 365 g/mol. The molecule has 1 aromatic heterocycles. The Morgan fingerprint density at radius 2 is 1.96 bits per heavy atom. The van der Waals surface area contributed by atoms with Crippen molar-refractivity contribution in [2.24, 2.45) is 0 Å². The van der Waals surface area contributed by atoms with Crippen molar-refractivity contribution >= 4 is 29.1 Å². The maximum Gasteiger partial charge on any atom is 0.251 e. The van der Waals surface area contributed by atoms with Crippen LogP contribution in [0.5, 0.6) is 5.75 Å². The largest absolute Gasteiger partial charge is 0.496 e. The van der Waals surface area contributed by atoms with Crippen molar-refractivity contribution in [3.05, 3.63) is 64.0 Å². The minimum atomic E-state index is -0.324. The molecule has 0 aliphatic carbocycles. The van der Waals surface area contributed by atoms with Crippen LogP contribution in [-0.2, 0) is 6.54 Å². The molecule has 0 aliphatic heterocycles. The molecule has 0 atom stereocenters. The van der Waals surface area contributed by atoms with Crippen LogP contribution < -0.4 is 10.1 Å². The first-order valence-corrected chi connectivity index (χ1v) is 8.03. The monoisotopic (exact) mass is 377 g/mol. The highest BCUT2D eigenvalue weighted by Gasteiger charge is 2.14. The molecule has 3 rings (SSSR count). The maximum absolute atomic E-state index is 12.1. The Kier molecular flexibility index (Phi) is 5.21. The van der Waals surface area contributed by atoms with Gasteiger partial charge in [-0.15, -0.1) is 10.2 Å². The quantitative estimate of drug-likeness (QED) is 0.727. The minimum absolute atomic E-state index is 0.0846. The molecule has 0 spiro atoms. The van der Waals surface area contributed by atoms with E-state index in [2.05, 4.69) is 15.5 Å². The summed E-state index contributed by atoms with van der Waals surface area (Å²) < 4.78 is 10.8. The fourth-order valence-corrected chi connectivity index (χ4v) is 2.45. The molecule has 3 aromatic rings. The van der Waals surface area contributed by atoms with Crippen LogP contribution in [0, 0.1) is 0 Å². The molecule has 1 N–H and O–H groups in total. The molecule has 2 aromatic carbocycles. The molecule has 0 unspecified atom stereocenters. The van der Waals surface area contributed by atoms with Gasteiger partial charge in [0.25, 0.3) is 11.8 Å². The van der Waals surface area contributed by atoms with Crippen molar-refractivity contribution in [2.45, 2.75) is 6.54 Å². The summed E-state index contributed by atoms with van der Waals surface area (Å²) in [5.41, 5.74) is 1.07. The zero-order valence-corrected chi connectivity index (χ0v) is 14.6. The highest BCUT2D eigenvalue weighted by atomic mass is 35.5. The Labute approximate surface area is 153 Å². The Morgan fingerprint density at radius 1 is 1.16 bits per heavy atom. The summed E-state index contributed by atoms with van der Waals surface area (Å²) in [6, 6.07) is 11.9. The van der Waals surface area contributed by atoms with Gasteiger partial charge in [0.2, 0.25) is 5.89 Å². The smallest absolute Gasteiger partial charge is 0.251 e. The summed E-state index contributed by atoms with van der Waals surface area (Å²) in [6.45, 7) is 0.0846. The number of nitrogens with zero attached hydrogens (tertiary/aromatic N) is 2. The van der Waals surface area contributed by atoms with Crippen LogP contribution in [0.1, 0.15) is 16.2 Å². The second kappa shape index (κ2) is 7.55. The van der Waals surface area contributed by atoms with Crippen LogP contribution in [0.4, 0.5) is 0 Å². The van der Waals surface area contributed by atoms with Gasteiger partial charge in [-0.2, -0.15) is 0 Å². The van der Waals surface area contributed by atoms with Gasteiger partial charge in [0.05, 0.1) is 29.3 Å². The molecule has 0 aliphatic rings. The number of benzene rings is 2. The predicted octanol–water partition coefficient (Wildman–Crippen LogP) is 3.98. The van der Waals surface area contributed by atoms with Gasteiger partial charge in [0.1, 0.15) is 5.75 Å². The fourth-order valence-electron chi connectivity index (χ4n) is 2.15. The lowest BCUT2D eigenvalue weighted by atomic mass is 10.2. The summed E-state index contributed by atoms with van der Waals surface area (Å²) in [6.07, 6.45) is 0. The van der Waals surface area contributed by atoms with E-state index >= 15 is 0 Å². The van der Waals surface area contributed by atoms with E-state index in [1.807, 2.05) is 18.2 Å². The number of para-hydroxylation sites is 1. The van der Waals surface area contributed by atoms with Crippen LogP contribution in [0.15, 0.2) is 46.9 Å². The van der Waals surface area contributed by atoms with E-state index in [4.69, 9.17) is 32.4 Å². The first kappa shape index (κ1) is 17.3. The van der Waals surface area contributed by atoms with Crippen molar-refractivity contribution in [3.8, 4) is 17.2 Å². The zero-order valence-electron chi connectivity index (χ0n) is 13.1. The summed E-state index contributed by atoms with van der Waals surface area (Å²) in [4.78, 5) is 12.1. The molecular formula is C17H13Cl2N3O3. The third kappa shape index (κ3) is 3.92. The second-order valence-electron chi connectivity index (χ2n) is 5.01. The van der Waals surface area contributed by atoms with E-state index in [0.29, 0.717) is 32.8 Å². The number of aromatic nitrogens is 2. The normalized spacial score (nSPS) is 10.5. The standard InChI is InChI=1S/C17H13Cl2N3O3/c1-24-14-5-3-2-4-11(14)17-22-21-15(25-17)9-20-16(23)10-6-7-12(18)13(19)8-10/h2-8H,9H2,1H3,(H,20,23). The van der Waals surface area contributed by atoms with Crippen molar-refractivity contribution in [1.82, 2.24) is 15.5 Å². The van der Waals surface area contributed by atoms with E-state index in [1.165, 1.54) is 6.07 Å². The Balaban J connectivity index is 1.69. The molecule has 8 heteroatoms. The Bertz CT molecular complexity index is 912. The molecule has 1 heterocycles. The number of hydrogen-bond acceptors (Lipinski definition) is 5. The lowest BCUT2D eigenvalue weighted by Gasteiger charge is -2.04. The van der Waals surface area contributed by atoms with E-state index in [9.17, 15) is 4.79 Å². The summed E-state index contributed by atoms with van der Waals surface area (Å²) >= 11 is 11.7. The highest BCUT2D eigenvalue weighted by molar-refractivity contribution is 6.42. The molecule has 0 bridgehead atoms.